The number of anilines is 1. The Hall–Kier alpha value is -2.22. The SMILES string of the molecule is COCCCC(Nc1ccc([N+](=O)[O-])nc1)C(=O)O. The van der Waals surface area contributed by atoms with Gasteiger partial charge in [0.05, 0.1) is 5.69 Å². The van der Waals surface area contributed by atoms with Crippen LogP contribution in [-0.4, -0.2) is 40.7 Å². The predicted molar refractivity (Wildman–Crippen MR) is 67.0 cm³/mol. The number of hydrogen-bond acceptors (Lipinski definition) is 6. The van der Waals surface area contributed by atoms with Gasteiger partial charge in [0.15, 0.2) is 6.20 Å². The molecule has 19 heavy (non-hydrogen) atoms. The summed E-state index contributed by atoms with van der Waals surface area (Å²) >= 11 is 0. The number of methoxy groups -OCH3 is 1. The summed E-state index contributed by atoms with van der Waals surface area (Å²) in [6, 6.07) is 1.87. The maximum Gasteiger partial charge on any atom is 0.363 e. The van der Waals surface area contributed by atoms with E-state index in [-0.39, 0.29) is 5.82 Å². The maximum atomic E-state index is 11.0. The molecule has 1 aromatic rings. The molecule has 1 heterocycles. The summed E-state index contributed by atoms with van der Waals surface area (Å²) in [5, 5.41) is 22.2. The van der Waals surface area contributed by atoms with Crippen molar-refractivity contribution in [2.24, 2.45) is 0 Å². The van der Waals surface area contributed by atoms with E-state index in [1.54, 1.807) is 7.11 Å². The molecule has 0 fully saturated rings. The van der Waals surface area contributed by atoms with Crippen LogP contribution in [-0.2, 0) is 9.53 Å². The standard InChI is InChI=1S/C11H15N3O5/c1-19-6-2-3-9(11(15)16)13-8-4-5-10(12-7-8)14(17)18/h4-5,7,9,13H,2-3,6H2,1H3,(H,15,16). The third kappa shape index (κ3) is 4.88. The predicted octanol–water partition coefficient (Wildman–Crippen LogP) is 1.28. The summed E-state index contributed by atoms with van der Waals surface area (Å²) in [5.74, 6) is -1.27. The molecule has 0 radical (unpaired) electrons. The minimum atomic E-state index is -0.991. The van der Waals surface area contributed by atoms with E-state index >= 15 is 0 Å². The molecule has 104 valence electrons. The Morgan fingerprint density at radius 3 is 2.84 bits per heavy atom. The lowest BCUT2D eigenvalue weighted by Gasteiger charge is -2.14. The number of aromatic nitrogens is 1. The second kappa shape index (κ2) is 7.27. The monoisotopic (exact) mass is 269 g/mol. The quantitative estimate of drug-likeness (QED) is 0.415. The second-order valence-corrected chi connectivity index (χ2v) is 3.83. The molecule has 0 saturated heterocycles. The first-order chi connectivity index (χ1) is 9.04. The van der Waals surface area contributed by atoms with Crippen LogP contribution in [0.4, 0.5) is 11.5 Å². The molecule has 0 aliphatic rings. The molecule has 1 aromatic heterocycles. The molecule has 0 aromatic carbocycles. The lowest BCUT2D eigenvalue weighted by atomic mass is 10.1. The number of carboxylic acid groups (broad SMARTS) is 1. The molecule has 0 bridgehead atoms. The van der Waals surface area contributed by atoms with Crippen molar-refractivity contribution in [1.29, 1.82) is 0 Å². The number of carboxylic acids is 1. The normalized spacial score (nSPS) is 11.8. The number of nitro groups is 1. The van der Waals surface area contributed by atoms with Crippen LogP contribution >= 0.6 is 0 Å². The molecule has 2 N–H and O–H groups in total. The van der Waals surface area contributed by atoms with Crippen molar-refractivity contribution in [1.82, 2.24) is 4.98 Å². The zero-order chi connectivity index (χ0) is 14.3. The number of ether oxygens (including phenoxy) is 1. The van der Waals surface area contributed by atoms with Crippen LogP contribution < -0.4 is 5.32 Å². The highest BCUT2D eigenvalue weighted by Crippen LogP contribution is 2.14. The second-order valence-electron chi connectivity index (χ2n) is 3.83. The van der Waals surface area contributed by atoms with Crippen molar-refractivity contribution in [3.8, 4) is 0 Å². The molecule has 0 saturated carbocycles. The fourth-order valence-electron chi connectivity index (χ4n) is 1.47. The van der Waals surface area contributed by atoms with Gasteiger partial charge in [-0.2, -0.15) is 0 Å². The van der Waals surface area contributed by atoms with Crippen LogP contribution in [0.2, 0.25) is 0 Å². The van der Waals surface area contributed by atoms with E-state index in [4.69, 9.17) is 9.84 Å². The van der Waals surface area contributed by atoms with Gasteiger partial charge in [-0.15, -0.1) is 0 Å². The van der Waals surface area contributed by atoms with Crippen LogP contribution in [0.1, 0.15) is 12.8 Å². The van der Waals surface area contributed by atoms with Crippen molar-refractivity contribution >= 4 is 17.5 Å². The Morgan fingerprint density at radius 1 is 1.63 bits per heavy atom. The van der Waals surface area contributed by atoms with Crippen molar-refractivity contribution in [3.05, 3.63) is 28.4 Å². The smallest absolute Gasteiger partial charge is 0.363 e. The fraction of sp³-hybridized carbons (Fsp3) is 0.455. The van der Waals surface area contributed by atoms with E-state index in [1.807, 2.05) is 0 Å². The van der Waals surface area contributed by atoms with E-state index in [0.29, 0.717) is 25.1 Å². The average molecular weight is 269 g/mol. The molecule has 8 nitrogen and oxygen atoms in total. The highest BCUT2D eigenvalue weighted by Gasteiger charge is 2.17. The largest absolute Gasteiger partial charge is 0.480 e. The zero-order valence-corrected chi connectivity index (χ0v) is 10.4. The number of aliphatic carboxylic acids is 1. The Kier molecular flexibility index (Phi) is 5.68. The van der Waals surface area contributed by atoms with Gasteiger partial charge in [-0.1, -0.05) is 0 Å². The van der Waals surface area contributed by atoms with Crippen LogP contribution in [0.25, 0.3) is 0 Å². The first-order valence-corrected chi connectivity index (χ1v) is 5.63. The topological polar surface area (TPSA) is 115 Å². The summed E-state index contributed by atoms with van der Waals surface area (Å²) in [6.45, 7) is 0.476. The molecule has 1 unspecified atom stereocenters. The van der Waals surface area contributed by atoms with E-state index in [0.717, 1.165) is 0 Å². The number of nitrogens with one attached hydrogen (secondary N) is 1. The van der Waals surface area contributed by atoms with E-state index in [2.05, 4.69) is 10.3 Å². The average Bonchev–Trinajstić information content (AvgIpc) is 2.38. The first-order valence-electron chi connectivity index (χ1n) is 5.63. The summed E-state index contributed by atoms with van der Waals surface area (Å²) in [4.78, 5) is 24.5. The zero-order valence-electron chi connectivity index (χ0n) is 10.4. The van der Waals surface area contributed by atoms with Crippen LogP contribution in [0, 0.1) is 10.1 Å². The number of rotatable bonds is 8. The minimum Gasteiger partial charge on any atom is -0.480 e. The van der Waals surface area contributed by atoms with Crippen LogP contribution in [0.5, 0.6) is 0 Å². The van der Waals surface area contributed by atoms with Gasteiger partial charge in [-0.3, -0.25) is 0 Å². The molecule has 1 atom stereocenters. The molecule has 0 amide bonds. The first kappa shape index (κ1) is 14.8. The minimum absolute atomic E-state index is 0.281. The van der Waals surface area contributed by atoms with Gasteiger partial charge in [-0.25, -0.2) is 4.79 Å². The van der Waals surface area contributed by atoms with Gasteiger partial charge in [0.2, 0.25) is 0 Å². The van der Waals surface area contributed by atoms with Crippen molar-refractivity contribution < 1.29 is 19.6 Å². The Labute approximate surface area is 109 Å². The van der Waals surface area contributed by atoms with E-state index in [1.165, 1.54) is 18.3 Å². The number of pyridine rings is 1. The molecule has 8 heteroatoms. The van der Waals surface area contributed by atoms with Gasteiger partial charge in [0, 0.05) is 19.8 Å². The summed E-state index contributed by atoms with van der Waals surface area (Å²) in [5.41, 5.74) is 0.426. The molecular weight excluding hydrogens is 254 g/mol. The third-order valence-electron chi connectivity index (χ3n) is 2.42. The molecular formula is C11H15N3O5. The van der Waals surface area contributed by atoms with E-state index in [9.17, 15) is 14.9 Å². The van der Waals surface area contributed by atoms with Gasteiger partial charge in [0.1, 0.15) is 6.04 Å². The van der Waals surface area contributed by atoms with Gasteiger partial charge in [-0.05, 0) is 28.8 Å². The highest BCUT2D eigenvalue weighted by atomic mass is 16.6. The van der Waals surface area contributed by atoms with Gasteiger partial charge < -0.3 is 25.3 Å². The van der Waals surface area contributed by atoms with Crippen LogP contribution in [0.3, 0.4) is 0 Å². The van der Waals surface area contributed by atoms with Crippen LogP contribution in [0.15, 0.2) is 18.3 Å². The Morgan fingerprint density at radius 2 is 2.37 bits per heavy atom. The van der Waals surface area contributed by atoms with Crippen molar-refractivity contribution in [2.45, 2.75) is 18.9 Å². The number of nitrogens with zero attached hydrogens (tertiary/aromatic N) is 2. The molecule has 1 rings (SSSR count). The lowest BCUT2D eigenvalue weighted by molar-refractivity contribution is -0.389. The Balaban J connectivity index is 2.63. The Bertz CT molecular complexity index is 434. The van der Waals surface area contributed by atoms with Crippen molar-refractivity contribution in [3.63, 3.8) is 0 Å². The third-order valence-corrected chi connectivity index (χ3v) is 2.42. The van der Waals surface area contributed by atoms with E-state index < -0.39 is 16.9 Å². The summed E-state index contributed by atoms with van der Waals surface area (Å²) in [6.07, 6.45) is 2.23. The molecule has 0 aliphatic heterocycles. The number of carbonyl (C=O) groups is 1. The van der Waals surface area contributed by atoms with Crippen molar-refractivity contribution in [2.75, 3.05) is 19.0 Å². The lowest BCUT2D eigenvalue weighted by Crippen LogP contribution is -2.29. The maximum absolute atomic E-state index is 11.0. The highest BCUT2D eigenvalue weighted by molar-refractivity contribution is 5.77. The van der Waals surface area contributed by atoms with Gasteiger partial charge in [0.25, 0.3) is 0 Å². The van der Waals surface area contributed by atoms with Gasteiger partial charge >= 0.3 is 11.8 Å². The number of hydrogen-bond donors (Lipinski definition) is 2. The fourth-order valence-corrected chi connectivity index (χ4v) is 1.47. The molecule has 0 aliphatic carbocycles. The summed E-state index contributed by atoms with van der Waals surface area (Å²) in [7, 11) is 1.55. The molecule has 0 spiro atoms. The summed E-state index contributed by atoms with van der Waals surface area (Å²) < 4.78 is 4.86.